The van der Waals surface area contributed by atoms with Crippen LogP contribution in [0, 0.1) is 0 Å². The Morgan fingerprint density at radius 1 is 1.39 bits per heavy atom. The van der Waals surface area contributed by atoms with E-state index in [0.717, 1.165) is 0 Å². The van der Waals surface area contributed by atoms with Crippen LogP contribution in [0.15, 0.2) is 12.7 Å². The van der Waals surface area contributed by atoms with E-state index in [4.69, 9.17) is 15.5 Å². The highest BCUT2D eigenvalue weighted by atomic mass is 31.2. The Bertz CT molecular complexity index is 609. The summed E-state index contributed by atoms with van der Waals surface area (Å²) in [5.74, 6) is 0.211. The molecule has 0 aliphatic rings. The van der Waals surface area contributed by atoms with Gasteiger partial charge in [-0.2, -0.15) is 0 Å². The maximum absolute atomic E-state index is 10.8. The van der Waals surface area contributed by atoms with Crippen molar-refractivity contribution in [2.45, 2.75) is 12.6 Å². The molecule has 0 fully saturated rings. The molecule has 2 rings (SSSR count). The summed E-state index contributed by atoms with van der Waals surface area (Å²) in [6.07, 6.45) is 0.830. The zero-order valence-corrected chi connectivity index (χ0v) is 10.1. The van der Waals surface area contributed by atoms with Crippen LogP contribution in [-0.2, 0) is 11.1 Å². The summed E-state index contributed by atoms with van der Waals surface area (Å²) in [6.45, 7) is -0.0297. The second-order valence-electron chi connectivity index (χ2n) is 3.83. The van der Waals surface area contributed by atoms with Crippen molar-refractivity contribution in [3.05, 3.63) is 12.7 Å². The van der Waals surface area contributed by atoms with Crippen LogP contribution in [0.1, 0.15) is 0 Å². The smallest absolute Gasteiger partial charge is 0.328 e. The fourth-order valence-corrected chi connectivity index (χ4v) is 2.26. The SMILES string of the molecule is Nc1ncnc2c1ncn2C[C@@H](O)CP(=O)(O)O. The Kier molecular flexibility index (Phi) is 3.31. The molecule has 0 saturated carbocycles. The largest absolute Gasteiger partial charge is 0.391 e. The number of aromatic nitrogens is 4. The van der Waals surface area contributed by atoms with E-state index in [1.54, 1.807) is 0 Å². The molecule has 1 atom stereocenters. The number of rotatable bonds is 4. The van der Waals surface area contributed by atoms with Gasteiger partial charge >= 0.3 is 7.60 Å². The van der Waals surface area contributed by atoms with Crippen molar-refractivity contribution in [1.29, 1.82) is 0 Å². The van der Waals surface area contributed by atoms with Crippen molar-refractivity contribution in [2.24, 2.45) is 0 Å². The highest BCUT2D eigenvalue weighted by molar-refractivity contribution is 7.51. The fourth-order valence-electron chi connectivity index (χ4n) is 1.59. The van der Waals surface area contributed by atoms with Crippen LogP contribution < -0.4 is 5.73 Å². The standard InChI is InChI=1S/C8H12N5O4P/c9-7-6-8(11-3-10-7)13(4-12-6)1-5(14)2-18(15,16)17/h3-5,14H,1-2H2,(H2,9,10,11)(H2,15,16,17)/t5-/m1/s1. The first-order valence-corrected chi connectivity index (χ1v) is 6.80. The highest BCUT2D eigenvalue weighted by Gasteiger charge is 2.21. The monoisotopic (exact) mass is 273 g/mol. The number of hydrogen-bond donors (Lipinski definition) is 4. The van der Waals surface area contributed by atoms with Gasteiger partial charge in [-0.05, 0) is 0 Å². The maximum Gasteiger partial charge on any atom is 0.328 e. The van der Waals surface area contributed by atoms with E-state index in [-0.39, 0.29) is 12.4 Å². The average Bonchev–Trinajstić information content (AvgIpc) is 2.60. The molecule has 0 amide bonds. The van der Waals surface area contributed by atoms with Gasteiger partial charge in [-0.1, -0.05) is 0 Å². The van der Waals surface area contributed by atoms with Gasteiger partial charge in [-0.3, -0.25) is 4.57 Å². The molecule has 9 nitrogen and oxygen atoms in total. The fraction of sp³-hybridized carbons (Fsp3) is 0.375. The third kappa shape index (κ3) is 2.82. The molecule has 2 aromatic rings. The Morgan fingerprint density at radius 3 is 2.78 bits per heavy atom. The molecule has 0 aliphatic carbocycles. The minimum absolute atomic E-state index is 0.0297. The highest BCUT2D eigenvalue weighted by Crippen LogP contribution is 2.35. The number of nitrogens with two attached hydrogens (primary N) is 1. The van der Waals surface area contributed by atoms with Crippen LogP contribution in [0.25, 0.3) is 11.2 Å². The van der Waals surface area contributed by atoms with E-state index in [0.29, 0.717) is 11.2 Å². The van der Waals surface area contributed by atoms with E-state index in [1.807, 2.05) is 0 Å². The van der Waals surface area contributed by atoms with Gasteiger partial charge in [0.2, 0.25) is 0 Å². The Hall–Kier alpha value is -1.54. The van der Waals surface area contributed by atoms with Crippen LogP contribution in [0.3, 0.4) is 0 Å². The molecule has 18 heavy (non-hydrogen) atoms. The van der Waals surface area contributed by atoms with Gasteiger partial charge in [0.25, 0.3) is 0 Å². The Balaban J connectivity index is 2.22. The van der Waals surface area contributed by atoms with Gasteiger partial charge < -0.3 is 25.2 Å². The van der Waals surface area contributed by atoms with Gasteiger partial charge in [0.15, 0.2) is 11.5 Å². The van der Waals surface area contributed by atoms with Crippen LogP contribution in [0.4, 0.5) is 5.82 Å². The van der Waals surface area contributed by atoms with Gasteiger partial charge in [0, 0.05) is 0 Å². The van der Waals surface area contributed by atoms with Crippen molar-refractivity contribution in [3.63, 3.8) is 0 Å². The zero-order valence-electron chi connectivity index (χ0n) is 9.21. The van der Waals surface area contributed by atoms with Gasteiger partial charge in [0.05, 0.1) is 25.1 Å². The van der Waals surface area contributed by atoms with E-state index < -0.39 is 19.9 Å². The Labute approximate surface area is 101 Å². The topological polar surface area (TPSA) is 147 Å². The molecule has 98 valence electrons. The second-order valence-corrected chi connectivity index (χ2v) is 5.52. The van der Waals surface area contributed by atoms with E-state index in [9.17, 15) is 9.67 Å². The molecule has 0 unspecified atom stereocenters. The lowest BCUT2D eigenvalue weighted by Gasteiger charge is -2.12. The maximum atomic E-state index is 10.8. The predicted molar refractivity (Wildman–Crippen MR) is 62.7 cm³/mol. The molecule has 0 aliphatic heterocycles. The summed E-state index contributed by atoms with van der Waals surface area (Å²) in [5.41, 5.74) is 6.39. The molecular formula is C8H12N5O4P. The summed E-state index contributed by atoms with van der Waals surface area (Å²) in [5, 5.41) is 9.57. The summed E-state index contributed by atoms with van der Waals surface area (Å²) >= 11 is 0. The third-order valence-electron chi connectivity index (χ3n) is 2.29. The number of imidazole rings is 1. The normalized spacial score (nSPS) is 13.9. The lowest BCUT2D eigenvalue weighted by Crippen LogP contribution is -2.20. The minimum Gasteiger partial charge on any atom is -0.391 e. The number of fused-ring (bicyclic) bond motifs is 1. The number of nitrogen functional groups attached to an aromatic ring is 1. The molecule has 0 spiro atoms. The van der Waals surface area contributed by atoms with Gasteiger partial charge in [-0.25, -0.2) is 15.0 Å². The average molecular weight is 273 g/mol. The third-order valence-corrected chi connectivity index (χ3v) is 3.18. The van der Waals surface area contributed by atoms with Gasteiger partial charge in [-0.15, -0.1) is 0 Å². The second kappa shape index (κ2) is 4.62. The van der Waals surface area contributed by atoms with Crippen LogP contribution >= 0.6 is 7.60 Å². The summed E-state index contributed by atoms with van der Waals surface area (Å²) in [6, 6.07) is 0. The number of hydrogen-bond acceptors (Lipinski definition) is 6. The quantitative estimate of drug-likeness (QED) is 0.515. The lowest BCUT2D eigenvalue weighted by atomic mass is 10.4. The van der Waals surface area contributed by atoms with Crippen LogP contribution in [0.2, 0.25) is 0 Å². The summed E-state index contributed by atoms with van der Waals surface area (Å²) < 4.78 is 12.2. The molecule has 5 N–H and O–H groups in total. The molecule has 0 aromatic carbocycles. The molecule has 2 heterocycles. The predicted octanol–water partition coefficient (Wildman–Crippen LogP) is -1.05. The molecule has 0 bridgehead atoms. The lowest BCUT2D eigenvalue weighted by molar-refractivity contribution is 0.169. The number of aliphatic hydroxyl groups excluding tert-OH is 1. The number of anilines is 1. The molecule has 10 heteroatoms. The summed E-state index contributed by atoms with van der Waals surface area (Å²) in [4.78, 5) is 29.2. The van der Waals surface area contributed by atoms with Crippen LogP contribution in [-0.4, -0.2) is 46.7 Å². The number of nitrogens with zero attached hydrogens (tertiary/aromatic N) is 4. The zero-order chi connectivity index (χ0) is 13.3. The first kappa shape index (κ1) is 12.9. The summed E-state index contributed by atoms with van der Waals surface area (Å²) in [7, 11) is -4.25. The van der Waals surface area contributed by atoms with E-state index in [1.165, 1.54) is 17.2 Å². The Morgan fingerprint density at radius 2 is 2.11 bits per heavy atom. The number of aliphatic hydroxyl groups is 1. The molecule has 0 radical (unpaired) electrons. The van der Waals surface area contributed by atoms with Gasteiger partial charge in [0.1, 0.15) is 11.8 Å². The van der Waals surface area contributed by atoms with Crippen molar-refractivity contribution in [1.82, 2.24) is 19.5 Å². The molecular weight excluding hydrogens is 261 g/mol. The van der Waals surface area contributed by atoms with E-state index in [2.05, 4.69) is 15.0 Å². The first-order chi connectivity index (χ1) is 8.37. The van der Waals surface area contributed by atoms with Crippen molar-refractivity contribution >= 4 is 24.6 Å². The van der Waals surface area contributed by atoms with Crippen molar-refractivity contribution in [2.75, 3.05) is 11.9 Å². The first-order valence-electron chi connectivity index (χ1n) is 5.01. The molecule has 0 saturated heterocycles. The molecule has 2 aromatic heterocycles. The van der Waals surface area contributed by atoms with Crippen molar-refractivity contribution < 1.29 is 19.5 Å². The van der Waals surface area contributed by atoms with E-state index >= 15 is 0 Å². The minimum atomic E-state index is -4.25. The van der Waals surface area contributed by atoms with Crippen molar-refractivity contribution in [3.8, 4) is 0 Å². The van der Waals surface area contributed by atoms with Crippen LogP contribution in [0.5, 0.6) is 0 Å².